The Balaban J connectivity index is 2.35. The van der Waals surface area contributed by atoms with E-state index < -0.39 is 0 Å². The number of nitrogens with zero attached hydrogens (tertiary/aromatic N) is 4. The lowest BCUT2D eigenvalue weighted by molar-refractivity contribution is 0.530. The molecule has 1 N–H and O–H groups in total. The van der Waals surface area contributed by atoms with E-state index in [1.165, 1.54) is 16.4 Å². The van der Waals surface area contributed by atoms with Crippen LogP contribution in [0.2, 0.25) is 5.15 Å². The zero-order valence-corrected chi connectivity index (χ0v) is 14.9. The van der Waals surface area contributed by atoms with E-state index in [2.05, 4.69) is 40.8 Å². The van der Waals surface area contributed by atoms with Gasteiger partial charge in [0.25, 0.3) is 0 Å². The lowest BCUT2D eigenvalue weighted by Crippen LogP contribution is -2.23. The minimum absolute atomic E-state index is 0.0226. The first kappa shape index (κ1) is 16.4. The van der Waals surface area contributed by atoms with E-state index >= 15 is 0 Å². The smallest absolute Gasteiger partial charge is 0.130 e. The molecule has 1 atom stereocenters. The number of likely N-dealkylation sites (N-methyl/N-ethyl adjacent to an activating group) is 1. The van der Waals surface area contributed by atoms with Crippen molar-refractivity contribution in [2.24, 2.45) is 7.05 Å². The van der Waals surface area contributed by atoms with E-state index in [0.29, 0.717) is 5.15 Å². The second-order valence-electron chi connectivity index (χ2n) is 6.26. The van der Waals surface area contributed by atoms with Crippen molar-refractivity contribution in [1.29, 1.82) is 0 Å². The lowest BCUT2D eigenvalue weighted by Gasteiger charge is -2.21. The van der Waals surface area contributed by atoms with Crippen LogP contribution in [-0.4, -0.2) is 26.4 Å². The van der Waals surface area contributed by atoms with Gasteiger partial charge in [0, 0.05) is 24.1 Å². The molecule has 1 unspecified atom stereocenters. The van der Waals surface area contributed by atoms with Gasteiger partial charge in [0.1, 0.15) is 5.15 Å². The van der Waals surface area contributed by atoms with Crippen LogP contribution < -0.4 is 5.32 Å². The van der Waals surface area contributed by atoms with Gasteiger partial charge in [-0.15, -0.1) is 5.10 Å². The Bertz CT molecular complexity index is 626. The van der Waals surface area contributed by atoms with Crippen molar-refractivity contribution in [3.05, 3.63) is 27.0 Å². The summed E-state index contributed by atoms with van der Waals surface area (Å²) in [6, 6.07) is 0.139. The van der Waals surface area contributed by atoms with E-state index in [9.17, 15) is 0 Å². The maximum atomic E-state index is 6.35. The molecule has 2 aromatic rings. The van der Waals surface area contributed by atoms with Gasteiger partial charge >= 0.3 is 0 Å². The standard InChI is InChI=1S/C14H22ClN5S/c1-8-9(13(15)20(6)18-8)7-10(16-5)11-12(14(2,3)4)17-19-21-11/h10,16H,7H2,1-6H3. The van der Waals surface area contributed by atoms with Crippen molar-refractivity contribution in [3.63, 3.8) is 0 Å². The average molecular weight is 328 g/mol. The summed E-state index contributed by atoms with van der Waals surface area (Å²) in [5.41, 5.74) is 3.07. The van der Waals surface area contributed by atoms with Crippen molar-refractivity contribution < 1.29 is 0 Å². The van der Waals surface area contributed by atoms with Gasteiger partial charge in [0.2, 0.25) is 0 Å². The summed E-state index contributed by atoms with van der Waals surface area (Å²) in [6.45, 7) is 8.45. The molecule has 0 bridgehead atoms. The van der Waals surface area contributed by atoms with Crippen LogP contribution in [0.4, 0.5) is 0 Å². The molecule has 0 spiro atoms. The summed E-state index contributed by atoms with van der Waals surface area (Å²) in [7, 11) is 3.82. The summed E-state index contributed by atoms with van der Waals surface area (Å²) in [5, 5.41) is 12.8. The van der Waals surface area contributed by atoms with Gasteiger partial charge in [-0.1, -0.05) is 36.9 Å². The quantitative estimate of drug-likeness (QED) is 0.937. The van der Waals surface area contributed by atoms with Crippen LogP contribution in [0.3, 0.4) is 0 Å². The molecular weight excluding hydrogens is 306 g/mol. The molecule has 0 fully saturated rings. The Morgan fingerprint density at radius 3 is 2.52 bits per heavy atom. The second-order valence-corrected chi connectivity index (χ2v) is 7.40. The fraction of sp³-hybridized carbons (Fsp3) is 0.643. The topological polar surface area (TPSA) is 55.6 Å². The molecule has 5 nitrogen and oxygen atoms in total. The summed E-state index contributed by atoms with van der Waals surface area (Å²) in [5.74, 6) is 0. The summed E-state index contributed by atoms with van der Waals surface area (Å²) < 4.78 is 5.86. The molecule has 0 saturated heterocycles. The number of aryl methyl sites for hydroxylation is 2. The number of hydrogen-bond acceptors (Lipinski definition) is 5. The lowest BCUT2D eigenvalue weighted by atomic mass is 9.89. The minimum atomic E-state index is -0.0226. The fourth-order valence-corrected chi connectivity index (χ4v) is 3.61. The number of hydrogen-bond donors (Lipinski definition) is 1. The second kappa shape index (κ2) is 6.02. The van der Waals surface area contributed by atoms with Gasteiger partial charge < -0.3 is 5.32 Å². The van der Waals surface area contributed by atoms with Crippen molar-refractivity contribution in [2.45, 2.75) is 45.6 Å². The molecule has 2 rings (SSSR count). The van der Waals surface area contributed by atoms with Gasteiger partial charge in [-0.2, -0.15) is 5.10 Å². The van der Waals surface area contributed by atoms with Crippen LogP contribution >= 0.6 is 23.1 Å². The van der Waals surface area contributed by atoms with Crippen molar-refractivity contribution in [1.82, 2.24) is 24.7 Å². The van der Waals surface area contributed by atoms with Crippen LogP contribution in [0.5, 0.6) is 0 Å². The Labute approximate surface area is 134 Å². The van der Waals surface area contributed by atoms with Crippen LogP contribution in [0, 0.1) is 6.92 Å². The molecule has 0 aliphatic heterocycles. The van der Waals surface area contributed by atoms with Gasteiger partial charge in [0.05, 0.1) is 16.3 Å². The first-order valence-electron chi connectivity index (χ1n) is 6.93. The van der Waals surface area contributed by atoms with Crippen LogP contribution in [0.1, 0.15) is 48.6 Å². The largest absolute Gasteiger partial charge is 0.312 e. The molecule has 0 aliphatic carbocycles. The van der Waals surface area contributed by atoms with Crippen LogP contribution in [0.25, 0.3) is 0 Å². The highest BCUT2D eigenvalue weighted by Crippen LogP contribution is 2.33. The number of aromatic nitrogens is 4. The van der Waals surface area contributed by atoms with E-state index in [0.717, 1.165) is 23.4 Å². The first-order chi connectivity index (χ1) is 9.75. The Hall–Kier alpha value is -0.980. The molecule has 7 heteroatoms. The number of nitrogens with one attached hydrogen (secondary N) is 1. The zero-order chi connectivity index (χ0) is 15.8. The highest BCUT2D eigenvalue weighted by Gasteiger charge is 2.28. The van der Waals surface area contributed by atoms with Gasteiger partial charge in [-0.25, -0.2) is 0 Å². The average Bonchev–Trinajstić information content (AvgIpc) is 2.95. The zero-order valence-electron chi connectivity index (χ0n) is 13.4. The Morgan fingerprint density at radius 2 is 2.05 bits per heavy atom. The predicted octanol–water partition coefficient (Wildman–Crippen LogP) is 3.03. The van der Waals surface area contributed by atoms with E-state index in [-0.39, 0.29) is 11.5 Å². The summed E-state index contributed by atoms with van der Waals surface area (Å²) >= 11 is 7.80. The Morgan fingerprint density at radius 1 is 1.38 bits per heavy atom. The highest BCUT2D eigenvalue weighted by molar-refractivity contribution is 7.05. The molecule has 2 aromatic heterocycles. The highest BCUT2D eigenvalue weighted by atomic mass is 35.5. The van der Waals surface area contributed by atoms with Crippen molar-refractivity contribution >= 4 is 23.1 Å². The fourth-order valence-electron chi connectivity index (χ4n) is 2.38. The van der Waals surface area contributed by atoms with Crippen molar-refractivity contribution in [3.8, 4) is 0 Å². The minimum Gasteiger partial charge on any atom is -0.312 e. The molecular formula is C14H22ClN5S. The monoisotopic (exact) mass is 327 g/mol. The third-order valence-corrected chi connectivity index (χ3v) is 4.88. The molecule has 2 heterocycles. The van der Waals surface area contributed by atoms with E-state index in [1.807, 2.05) is 21.0 Å². The SMILES string of the molecule is CNC(Cc1c(C)nn(C)c1Cl)c1snnc1C(C)(C)C. The first-order valence-corrected chi connectivity index (χ1v) is 8.08. The molecule has 0 aliphatic rings. The maximum absolute atomic E-state index is 6.35. The summed E-state index contributed by atoms with van der Waals surface area (Å²) in [4.78, 5) is 1.17. The normalized spacial score (nSPS) is 13.7. The maximum Gasteiger partial charge on any atom is 0.130 e. The molecule has 0 aromatic carbocycles. The molecule has 0 radical (unpaired) electrons. The van der Waals surface area contributed by atoms with Gasteiger partial charge in [-0.05, 0) is 31.9 Å². The third-order valence-electron chi connectivity index (χ3n) is 3.57. The molecule has 0 amide bonds. The number of rotatable bonds is 4. The molecule has 21 heavy (non-hydrogen) atoms. The molecule has 0 saturated carbocycles. The van der Waals surface area contributed by atoms with Gasteiger partial charge in [0.15, 0.2) is 0 Å². The third kappa shape index (κ3) is 3.27. The van der Waals surface area contributed by atoms with E-state index in [4.69, 9.17) is 11.6 Å². The Kier molecular flexibility index (Phi) is 4.70. The van der Waals surface area contributed by atoms with Gasteiger partial charge in [-0.3, -0.25) is 4.68 Å². The predicted molar refractivity (Wildman–Crippen MR) is 87.1 cm³/mol. The summed E-state index contributed by atoms with van der Waals surface area (Å²) in [6.07, 6.45) is 0.780. The van der Waals surface area contributed by atoms with Crippen LogP contribution in [0.15, 0.2) is 0 Å². The van der Waals surface area contributed by atoms with E-state index in [1.54, 1.807) is 4.68 Å². The van der Waals surface area contributed by atoms with Crippen molar-refractivity contribution in [2.75, 3.05) is 7.05 Å². The molecule has 116 valence electrons. The number of halogens is 1. The van der Waals surface area contributed by atoms with Crippen LogP contribution in [-0.2, 0) is 18.9 Å².